The van der Waals surface area contributed by atoms with Crippen molar-refractivity contribution in [3.63, 3.8) is 0 Å². The van der Waals surface area contributed by atoms with E-state index in [0.29, 0.717) is 12.0 Å². The van der Waals surface area contributed by atoms with E-state index in [1.54, 1.807) is 13.2 Å². The highest BCUT2D eigenvalue weighted by Gasteiger charge is 2.34. The Hall–Kier alpha value is -1.07. The van der Waals surface area contributed by atoms with Gasteiger partial charge in [0, 0.05) is 13.2 Å². The normalized spacial score (nSPS) is 14.3. The van der Waals surface area contributed by atoms with Crippen LogP contribution in [0.15, 0.2) is 24.3 Å². The number of benzene rings is 1. The van der Waals surface area contributed by atoms with Crippen molar-refractivity contribution in [3.05, 3.63) is 35.4 Å². The van der Waals surface area contributed by atoms with Gasteiger partial charge in [-0.2, -0.15) is 13.2 Å². The van der Waals surface area contributed by atoms with Crippen molar-refractivity contribution in [2.75, 3.05) is 7.11 Å². The van der Waals surface area contributed by atoms with Crippen molar-refractivity contribution in [3.8, 4) is 0 Å². The third kappa shape index (κ3) is 3.73. The zero-order valence-electron chi connectivity index (χ0n) is 12.1. The number of ether oxygens (including phenoxy) is 1. The first-order chi connectivity index (χ1) is 9.29. The summed E-state index contributed by atoms with van der Waals surface area (Å²) in [5.41, 5.74) is 5.62. The Morgan fingerprint density at radius 1 is 1.20 bits per heavy atom. The van der Waals surface area contributed by atoms with Gasteiger partial charge in [0.1, 0.15) is 0 Å². The van der Waals surface area contributed by atoms with Crippen LogP contribution in [-0.2, 0) is 17.3 Å². The van der Waals surface area contributed by atoms with Crippen LogP contribution in [0.1, 0.15) is 37.8 Å². The van der Waals surface area contributed by atoms with Crippen LogP contribution in [0.25, 0.3) is 0 Å². The second-order valence-corrected chi connectivity index (χ2v) is 4.98. The Labute approximate surface area is 118 Å². The summed E-state index contributed by atoms with van der Waals surface area (Å²) in [6.07, 6.45) is -2.52. The molecule has 0 aliphatic rings. The summed E-state index contributed by atoms with van der Waals surface area (Å²) in [7, 11) is 1.60. The number of hydrogen-bond acceptors (Lipinski definition) is 2. The molecule has 5 heteroatoms. The Bertz CT molecular complexity index is 419. The molecule has 0 bridgehead atoms. The van der Waals surface area contributed by atoms with Crippen LogP contribution in [0.3, 0.4) is 0 Å². The van der Waals surface area contributed by atoms with E-state index in [2.05, 4.69) is 0 Å². The Balaban J connectivity index is 2.93. The van der Waals surface area contributed by atoms with Gasteiger partial charge in [-0.1, -0.05) is 32.0 Å². The molecule has 1 unspecified atom stereocenters. The van der Waals surface area contributed by atoms with Gasteiger partial charge in [0.05, 0.1) is 11.2 Å². The van der Waals surface area contributed by atoms with E-state index in [0.717, 1.165) is 25.0 Å². The lowest BCUT2D eigenvalue weighted by atomic mass is 9.85. The van der Waals surface area contributed by atoms with Gasteiger partial charge < -0.3 is 10.5 Å². The van der Waals surface area contributed by atoms with E-state index in [9.17, 15) is 13.2 Å². The quantitative estimate of drug-likeness (QED) is 0.865. The molecule has 0 aromatic heterocycles. The van der Waals surface area contributed by atoms with Gasteiger partial charge >= 0.3 is 6.18 Å². The van der Waals surface area contributed by atoms with Crippen molar-refractivity contribution in [2.45, 2.75) is 50.9 Å². The third-order valence-electron chi connectivity index (χ3n) is 3.99. The van der Waals surface area contributed by atoms with E-state index in [1.807, 2.05) is 13.8 Å². The van der Waals surface area contributed by atoms with E-state index in [1.165, 1.54) is 6.07 Å². The predicted octanol–water partition coefficient (Wildman–Crippen LogP) is 3.78. The molecule has 0 fully saturated rings. The second kappa shape index (κ2) is 6.59. The van der Waals surface area contributed by atoms with E-state index >= 15 is 0 Å². The highest BCUT2D eigenvalue weighted by Crippen LogP contribution is 2.31. The Morgan fingerprint density at radius 3 is 2.25 bits per heavy atom. The maximum Gasteiger partial charge on any atom is 0.416 e. The molecule has 2 N–H and O–H groups in total. The minimum atomic E-state index is -4.33. The fourth-order valence-corrected chi connectivity index (χ4v) is 2.53. The molecule has 1 atom stereocenters. The fraction of sp³-hybridized carbons (Fsp3) is 0.600. The van der Waals surface area contributed by atoms with Gasteiger partial charge in [-0.05, 0) is 30.9 Å². The molecule has 0 amide bonds. The molecule has 114 valence electrons. The first-order valence-corrected chi connectivity index (χ1v) is 6.76. The van der Waals surface area contributed by atoms with Crippen molar-refractivity contribution in [1.82, 2.24) is 0 Å². The number of hydrogen-bond donors (Lipinski definition) is 1. The molecular formula is C15H22F3NO. The lowest BCUT2D eigenvalue weighted by Crippen LogP contribution is -2.50. The zero-order valence-corrected chi connectivity index (χ0v) is 12.1. The van der Waals surface area contributed by atoms with Gasteiger partial charge in [-0.3, -0.25) is 0 Å². The molecule has 0 saturated heterocycles. The predicted molar refractivity (Wildman–Crippen MR) is 73.4 cm³/mol. The average Bonchev–Trinajstić information content (AvgIpc) is 2.41. The molecule has 0 heterocycles. The van der Waals surface area contributed by atoms with Crippen molar-refractivity contribution >= 4 is 0 Å². The lowest BCUT2D eigenvalue weighted by molar-refractivity contribution is -0.137. The summed E-state index contributed by atoms with van der Waals surface area (Å²) >= 11 is 0. The van der Waals surface area contributed by atoms with E-state index < -0.39 is 17.3 Å². The third-order valence-corrected chi connectivity index (χ3v) is 3.99. The Morgan fingerprint density at radius 2 is 1.80 bits per heavy atom. The summed E-state index contributed by atoms with van der Waals surface area (Å²) < 4.78 is 43.6. The molecule has 0 spiro atoms. The van der Waals surface area contributed by atoms with Crippen molar-refractivity contribution in [2.24, 2.45) is 5.73 Å². The summed E-state index contributed by atoms with van der Waals surface area (Å²) in [4.78, 5) is 0. The van der Waals surface area contributed by atoms with Crippen LogP contribution in [0.2, 0.25) is 0 Å². The smallest absolute Gasteiger partial charge is 0.377 e. The van der Waals surface area contributed by atoms with Gasteiger partial charge in [0.15, 0.2) is 0 Å². The Kier molecular flexibility index (Phi) is 5.59. The van der Waals surface area contributed by atoms with Gasteiger partial charge in [0.2, 0.25) is 0 Å². The summed E-state index contributed by atoms with van der Waals surface area (Å²) in [5.74, 6) is 0. The van der Waals surface area contributed by atoms with E-state index in [4.69, 9.17) is 10.5 Å². The number of alkyl halides is 3. The topological polar surface area (TPSA) is 35.2 Å². The highest BCUT2D eigenvalue weighted by molar-refractivity contribution is 5.26. The lowest BCUT2D eigenvalue weighted by Gasteiger charge is -2.36. The fourth-order valence-electron chi connectivity index (χ4n) is 2.53. The minimum Gasteiger partial charge on any atom is -0.377 e. The first kappa shape index (κ1) is 17.0. The minimum absolute atomic E-state index is 0.342. The zero-order chi connectivity index (χ0) is 15.4. The molecule has 0 aliphatic heterocycles. The SMILES string of the molecule is CCC(CC)(OC)C(N)Cc1cccc(C(F)(F)F)c1. The maximum atomic E-state index is 12.7. The van der Waals surface area contributed by atoms with Gasteiger partial charge in [-0.15, -0.1) is 0 Å². The van der Waals surface area contributed by atoms with Gasteiger partial charge in [0.25, 0.3) is 0 Å². The average molecular weight is 289 g/mol. The summed E-state index contributed by atoms with van der Waals surface area (Å²) in [6.45, 7) is 3.94. The van der Waals surface area contributed by atoms with Crippen LogP contribution >= 0.6 is 0 Å². The molecule has 0 aliphatic carbocycles. The molecule has 1 rings (SSSR count). The standard InChI is InChI=1S/C15H22F3NO/c1-4-14(5-2,20-3)13(19)10-11-7-6-8-12(9-11)15(16,17)18/h6-9,13H,4-5,10,19H2,1-3H3. The number of rotatable bonds is 6. The monoisotopic (exact) mass is 289 g/mol. The van der Waals surface area contributed by atoms with Gasteiger partial charge in [-0.25, -0.2) is 0 Å². The van der Waals surface area contributed by atoms with Crippen LogP contribution in [0, 0.1) is 0 Å². The molecule has 0 saturated carbocycles. The summed E-state index contributed by atoms with van der Waals surface area (Å²) in [6, 6.07) is 4.97. The van der Waals surface area contributed by atoms with Crippen LogP contribution in [0.5, 0.6) is 0 Å². The molecule has 1 aromatic carbocycles. The van der Waals surface area contributed by atoms with Crippen molar-refractivity contribution in [1.29, 1.82) is 0 Å². The second-order valence-electron chi connectivity index (χ2n) is 4.98. The maximum absolute atomic E-state index is 12.7. The molecule has 20 heavy (non-hydrogen) atoms. The number of methoxy groups -OCH3 is 1. The number of halogens is 3. The highest BCUT2D eigenvalue weighted by atomic mass is 19.4. The summed E-state index contributed by atoms with van der Waals surface area (Å²) in [5, 5.41) is 0. The number of nitrogens with two attached hydrogens (primary N) is 1. The molecular weight excluding hydrogens is 267 g/mol. The van der Waals surface area contributed by atoms with Crippen LogP contribution in [0.4, 0.5) is 13.2 Å². The first-order valence-electron chi connectivity index (χ1n) is 6.76. The van der Waals surface area contributed by atoms with Crippen molar-refractivity contribution < 1.29 is 17.9 Å². The largest absolute Gasteiger partial charge is 0.416 e. The molecule has 2 nitrogen and oxygen atoms in total. The van der Waals surface area contributed by atoms with Crippen LogP contribution < -0.4 is 5.73 Å². The molecule has 1 aromatic rings. The molecule has 0 radical (unpaired) electrons. The van der Waals surface area contributed by atoms with Crippen LogP contribution in [-0.4, -0.2) is 18.8 Å². The van der Waals surface area contributed by atoms with E-state index in [-0.39, 0.29) is 6.04 Å².